The summed E-state index contributed by atoms with van der Waals surface area (Å²) < 4.78 is 40.3. The monoisotopic (exact) mass is 289 g/mol. The molecule has 2 rings (SSSR count). The molecular formula is C11H15NO4S2. The number of hydrogen-bond donors (Lipinski definition) is 1. The number of anilines is 1. The normalized spacial score (nSPS) is 23.7. The summed E-state index contributed by atoms with van der Waals surface area (Å²) in [6.45, 7) is 0. The summed E-state index contributed by atoms with van der Waals surface area (Å²) in [5, 5.41) is -0.354. The predicted molar refractivity (Wildman–Crippen MR) is 70.9 cm³/mol. The van der Waals surface area contributed by atoms with Gasteiger partial charge >= 0.3 is 0 Å². The SMILES string of the molecule is COc1cc(N)ccc1S(=O)C1CCS(=O)(=O)C1. The topological polar surface area (TPSA) is 86.5 Å². The van der Waals surface area contributed by atoms with Gasteiger partial charge in [-0.1, -0.05) is 0 Å². The molecule has 7 heteroatoms. The molecule has 5 nitrogen and oxygen atoms in total. The van der Waals surface area contributed by atoms with Gasteiger partial charge in [-0.25, -0.2) is 8.42 Å². The van der Waals surface area contributed by atoms with Crippen molar-refractivity contribution in [1.29, 1.82) is 0 Å². The lowest BCUT2D eigenvalue weighted by atomic mass is 10.3. The van der Waals surface area contributed by atoms with E-state index in [2.05, 4.69) is 0 Å². The van der Waals surface area contributed by atoms with Crippen LogP contribution in [0.5, 0.6) is 5.75 Å². The zero-order valence-corrected chi connectivity index (χ0v) is 11.6. The van der Waals surface area contributed by atoms with E-state index in [-0.39, 0.29) is 16.8 Å². The van der Waals surface area contributed by atoms with E-state index in [0.717, 1.165) is 0 Å². The Morgan fingerprint density at radius 1 is 1.44 bits per heavy atom. The summed E-state index contributed by atoms with van der Waals surface area (Å²) in [6.07, 6.45) is 0.433. The number of rotatable bonds is 3. The maximum absolute atomic E-state index is 12.4. The first-order valence-electron chi connectivity index (χ1n) is 5.47. The van der Waals surface area contributed by atoms with Crippen LogP contribution in [0.15, 0.2) is 23.1 Å². The van der Waals surface area contributed by atoms with Crippen LogP contribution in [-0.2, 0) is 20.6 Å². The maximum atomic E-state index is 12.4. The largest absolute Gasteiger partial charge is 0.495 e. The van der Waals surface area contributed by atoms with Crippen LogP contribution in [0.1, 0.15) is 6.42 Å². The highest BCUT2D eigenvalue weighted by atomic mass is 32.2. The highest BCUT2D eigenvalue weighted by Crippen LogP contribution is 2.29. The van der Waals surface area contributed by atoms with E-state index in [1.165, 1.54) is 7.11 Å². The van der Waals surface area contributed by atoms with Gasteiger partial charge in [-0.15, -0.1) is 0 Å². The van der Waals surface area contributed by atoms with Crippen molar-refractivity contribution in [2.75, 3.05) is 24.3 Å². The van der Waals surface area contributed by atoms with Crippen LogP contribution in [0, 0.1) is 0 Å². The van der Waals surface area contributed by atoms with Crippen LogP contribution in [0.3, 0.4) is 0 Å². The van der Waals surface area contributed by atoms with Crippen molar-refractivity contribution < 1.29 is 17.4 Å². The minimum Gasteiger partial charge on any atom is -0.495 e. The molecule has 0 saturated carbocycles. The van der Waals surface area contributed by atoms with Crippen LogP contribution >= 0.6 is 0 Å². The quantitative estimate of drug-likeness (QED) is 0.822. The third kappa shape index (κ3) is 2.67. The van der Waals surface area contributed by atoms with Gasteiger partial charge in [0, 0.05) is 11.8 Å². The number of ether oxygens (including phenoxy) is 1. The van der Waals surface area contributed by atoms with Gasteiger partial charge in [-0.2, -0.15) is 0 Å². The van der Waals surface area contributed by atoms with E-state index in [1.54, 1.807) is 18.2 Å². The number of benzene rings is 1. The minimum absolute atomic E-state index is 0.0207. The first-order chi connectivity index (χ1) is 8.43. The van der Waals surface area contributed by atoms with Gasteiger partial charge in [0.05, 0.1) is 39.6 Å². The molecule has 1 aliphatic heterocycles. The van der Waals surface area contributed by atoms with Crippen molar-refractivity contribution in [3.63, 3.8) is 0 Å². The summed E-state index contributed by atoms with van der Waals surface area (Å²) in [7, 11) is -2.95. The summed E-state index contributed by atoms with van der Waals surface area (Å²) >= 11 is 0. The lowest BCUT2D eigenvalue weighted by molar-refractivity contribution is 0.404. The Labute approximate surface area is 109 Å². The summed E-state index contributed by atoms with van der Waals surface area (Å²) in [5.41, 5.74) is 6.14. The molecule has 2 N–H and O–H groups in total. The van der Waals surface area contributed by atoms with E-state index in [9.17, 15) is 12.6 Å². The third-order valence-electron chi connectivity index (χ3n) is 2.90. The third-order valence-corrected chi connectivity index (χ3v) is 6.66. The van der Waals surface area contributed by atoms with E-state index in [1.807, 2.05) is 0 Å². The summed E-state index contributed by atoms with van der Waals surface area (Å²) in [6, 6.07) is 4.87. The number of nitrogens with two attached hydrogens (primary N) is 1. The first-order valence-corrected chi connectivity index (χ1v) is 8.51. The van der Waals surface area contributed by atoms with Gasteiger partial charge in [-0.3, -0.25) is 4.21 Å². The molecule has 18 heavy (non-hydrogen) atoms. The summed E-state index contributed by atoms with van der Waals surface area (Å²) in [5.74, 6) is 0.533. The molecule has 1 aromatic carbocycles. The van der Waals surface area contributed by atoms with Gasteiger partial charge in [0.15, 0.2) is 9.84 Å². The highest BCUT2D eigenvalue weighted by molar-refractivity contribution is 7.94. The summed E-state index contributed by atoms with van der Waals surface area (Å²) in [4.78, 5) is 0.508. The number of methoxy groups -OCH3 is 1. The van der Waals surface area contributed by atoms with Crippen molar-refractivity contribution >= 4 is 26.3 Å². The Morgan fingerprint density at radius 3 is 2.72 bits per heavy atom. The van der Waals surface area contributed by atoms with E-state index in [0.29, 0.717) is 22.8 Å². The molecule has 2 atom stereocenters. The number of hydrogen-bond acceptors (Lipinski definition) is 5. The molecule has 1 aromatic rings. The average molecular weight is 289 g/mol. The second kappa shape index (κ2) is 4.89. The smallest absolute Gasteiger partial charge is 0.151 e. The second-order valence-corrected chi connectivity index (χ2v) is 8.16. The van der Waals surface area contributed by atoms with Crippen molar-refractivity contribution in [3.8, 4) is 5.75 Å². The van der Waals surface area contributed by atoms with E-state index < -0.39 is 20.6 Å². The Balaban J connectivity index is 2.30. The fourth-order valence-electron chi connectivity index (χ4n) is 1.96. The molecule has 1 aliphatic rings. The van der Waals surface area contributed by atoms with E-state index in [4.69, 9.17) is 10.5 Å². The van der Waals surface area contributed by atoms with Crippen LogP contribution in [0.2, 0.25) is 0 Å². The average Bonchev–Trinajstić information content (AvgIpc) is 2.68. The first kappa shape index (κ1) is 13.4. The maximum Gasteiger partial charge on any atom is 0.151 e. The molecule has 1 heterocycles. The number of nitrogen functional groups attached to an aromatic ring is 1. The van der Waals surface area contributed by atoms with Crippen molar-refractivity contribution in [2.45, 2.75) is 16.6 Å². The lowest BCUT2D eigenvalue weighted by Crippen LogP contribution is -2.17. The molecule has 0 amide bonds. The molecule has 1 fully saturated rings. The van der Waals surface area contributed by atoms with Crippen LogP contribution < -0.4 is 10.5 Å². The molecule has 0 aliphatic carbocycles. The minimum atomic E-state index is -3.03. The second-order valence-electron chi connectivity index (χ2n) is 4.23. The van der Waals surface area contributed by atoms with Crippen molar-refractivity contribution in [3.05, 3.63) is 18.2 Å². The van der Waals surface area contributed by atoms with Gasteiger partial charge in [0.25, 0.3) is 0 Å². The van der Waals surface area contributed by atoms with Crippen LogP contribution in [0.4, 0.5) is 5.69 Å². The van der Waals surface area contributed by atoms with Crippen molar-refractivity contribution in [1.82, 2.24) is 0 Å². The Morgan fingerprint density at radius 2 is 2.17 bits per heavy atom. The van der Waals surface area contributed by atoms with Crippen molar-refractivity contribution in [2.24, 2.45) is 0 Å². The molecular weight excluding hydrogens is 274 g/mol. The zero-order valence-electron chi connectivity index (χ0n) is 9.96. The molecule has 0 radical (unpaired) electrons. The fourth-order valence-corrected chi connectivity index (χ4v) is 6.00. The Bertz CT molecular complexity index is 583. The predicted octanol–water partition coefficient (Wildman–Crippen LogP) is 0.572. The van der Waals surface area contributed by atoms with E-state index >= 15 is 0 Å². The Kier molecular flexibility index (Phi) is 3.63. The molecule has 1 saturated heterocycles. The molecule has 0 bridgehead atoms. The molecule has 100 valence electrons. The fraction of sp³-hybridized carbons (Fsp3) is 0.455. The van der Waals surface area contributed by atoms with Gasteiger partial charge in [0.1, 0.15) is 5.75 Å². The van der Waals surface area contributed by atoms with Gasteiger partial charge < -0.3 is 10.5 Å². The standard InChI is InChI=1S/C11H15NO4S2/c1-16-10-6-8(12)2-3-11(10)17(13)9-4-5-18(14,15)7-9/h2-3,6,9H,4-5,7,12H2,1H3. The highest BCUT2D eigenvalue weighted by Gasteiger charge is 2.33. The lowest BCUT2D eigenvalue weighted by Gasteiger charge is -2.12. The van der Waals surface area contributed by atoms with Crippen LogP contribution in [-0.4, -0.2) is 36.5 Å². The molecule has 0 aromatic heterocycles. The molecule has 2 unspecified atom stereocenters. The van der Waals surface area contributed by atoms with Crippen LogP contribution in [0.25, 0.3) is 0 Å². The van der Waals surface area contributed by atoms with Gasteiger partial charge in [-0.05, 0) is 18.6 Å². The Hall–Kier alpha value is -1.08. The zero-order chi connectivity index (χ0) is 13.3. The number of sulfone groups is 1. The van der Waals surface area contributed by atoms with Gasteiger partial charge in [0.2, 0.25) is 0 Å². The molecule has 0 spiro atoms.